The molecule has 4 heteroatoms. The van der Waals surface area contributed by atoms with Gasteiger partial charge < -0.3 is 5.11 Å². The minimum absolute atomic E-state index is 0.135. The Balaban J connectivity index is 2.37. The van der Waals surface area contributed by atoms with Gasteiger partial charge in [-0.15, -0.1) is 0 Å². The van der Waals surface area contributed by atoms with Gasteiger partial charge in [0, 0.05) is 11.3 Å². The SMILES string of the molecule is Cc1cc(C(=O)O)cc(C#Cc2cccc(F)c2)n1. The highest BCUT2D eigenvalue weighted by atomic mass is 19.1. The predicted octanol–water partition coefficient (Wildman–Crippen LogP) is 2.63. The lowest BCUT2D eigenvalue weighted by Gasteiger charge is -1.98. The smallest absolute Gasteiger partial charge is 0.335 e. The van der Waals surface area contributed by atoms with Crippen LogP contribution in [0.4, 0.5) is 4.39 Å². The number of carboxylic acids is 1. The van der Waals surface area contributed by atoms with Crippen molar-refractivity contribution < 1.29 is 14.3 Å². The molecule has 0 saturated carbocycles. The highest BCUT2D eigenvalue weighted by Crippen LogP contribution is 2.06. The summed E-state index contributed by atoms with van der Waals surface area (Å²) < 4.78 is 13.0. The molecule has 3 nitrogen and oxygen atoms in total. The molecule has 0 fully saturated rings. The molecule has 2 rings (SSSR count). The van der Waals surface area contributed by atoms with E-state index in [4.69, 9.17) is 5.11 Å². The normalized spacial score (nSPS) is 9.58. The van der Waals surface area contributed by atoms with E-state index >= 15 is 0 Å². The van der Waals surface area contributed by atoms with E-state index < -0.39 is 5.97 Å². The minimum atomic E-state index is -1.03. The molecule has 0 atom stereocenters. The van der Waals surface area contributed by atoms with Gasteiger partial charge in [0.05, 0.1) is 5.56 Å². The van der Waals surface area contributed by atoms with Gasteiger partial charge in [-0.25, -0.2) is 14.2 Å². The van der Waals surface area contributed by atoms with Crippen LogP contribution < -0.4 is 0 Å². The van der Waals surface area contributed by atoms with Crippen molar-refractivity contribution in [3.8, 4) is 11.8 Å². The largest absolute Gasteiger partial charge is 0.478 e. The van der Waals surface area contributed by atoms with Crippen LogP contribution in [0.1, 0.15) is 27.3 Å². The van der Waals surface area contributed by atoms with Gasteiger partial charge in [0.15, 0.2) is 0 Å². The summed E-state index contributed by atoms with van der Waals surface area (Å²) >= 11 is 0. The maximum atomic E-state index is 13.0. The number of nitrogens with zero attached hydrogens (tertiary/aromatic N) is 1. The van der Waals surface area contributed by atoms with Crippen molar-refractivity contribution in [2.75, 3.05) is 0 Å². The molecule has 0 aliphatic heterocycles. The van der Waals surface area contributed by atoms with Crippen LogP contribution in [0.25, 0.3) is 0 Å². The molecule has 1 heterocycles. The first-order valence-electron chi connectivity index (χ1n) is 5.54. The predicted molar refractivity (Wildman–Crippen MR) is 68.3 cm³/mol. The number of benzene rings is 1. The first-order chi connectivity index (χ1) is 9.04. The number of carboxylic acid groups (broad SMARTS) is 1. The number of halogens is 1. The Morgan fingerprint density at radius 3 is 2.74 bits per heavy atom. The van der Waals surface area contributed by atoms with Crippen molar-refractivity contribution in [2.24, 2.45) is 0 Å². The summed E-state index contributed by atoms with van der Waals surface area (Å²) in [4.78, 5) is 15.0. The van der Waals surface area contributed by atoms with Gasteiger partial charge in [-0.1, -0.05) is 12.0 Å². The molecule has 1 aromatic carbocycles. The van der Waals surface area contributed by atoms with E-state index in [1.165, 1.54) is 24.3 Å². The number of rotatable bonds is 1. The van der Waals surface area contributed by atoms with E-state index in [-0.39, 0.29) is 11.4 Å². The zero-order valence-electron chi connectivity index (χ0n) is 10.1. The number of pyridine rings is 1. The number of aromatic nitrogens is 1. The molecule has 0 amide bonds. The number of aryl methyl sites for hydroxylation is 1. The Morgan fingerprint density at radius 2 is 2.05 bits per heavy atom. The number of carbonyl (C=O) groups is 1. The van der Waals surface area contributed by atoms with Crippen LogP contribution in [0.2, 0.25) is 0 Å². The molecular formula is C15H10FNO2. The third-order valence-corrected chi connectivity index (χ3v) is 2.36. The van der Waals surface area contributed by atoms with E-state index in [0.29, 0.717) is 17.0 Å². The molecule has 94 valence electrons. The maximum absolute atomic E-state index is 13.0. The summed E-state index contributed by atoms with van der Waals surface area (Å²) in [6.07, 6.45) is 0. The van der Waals surface area contributed by atoms with E-state index in [2.05, 4.69) is 16.8 Å². The topological polar surface area (TPSA) is 50.2 Å². The van der Waals surface area contributed by atoms with Crippen LogP contribution in [-0.2, 0) is 0 Å². The van der Waals surface area contributed by atoms with Gasteiger partial charge in [-0.3, -0.25) is 0 Å². The molecule has 0 aliphatic rings. The molecule has 0 radical (unpaired) electrons. The average Bonchev–Trinajstić information content (AvgIpc) is 2.36. The fourth-order valence-electron chi connectivity index (χ4n) is 1.56. The number of hydrogen-bond donors (Lipinski definition) is 1. The highest BCUT2D eigenvalue weighted by Gasteiger charge is 2.05. The van der Waals surface area contributed by atoms with E-state index in [9.17, 15) is 9.18 Å². The summed E-state index contributed by atoms with van der Waals surface area (Å²) in [5.74, 6) is 4.09. The molecule has 0 saturated heterocycles. The lowest BCUT2D eigenvalue weighted by atomic mass is 10.2. The van der Waals surface area contributed by atoms with Gasteiger partial charge >= 0.3 is 5.97 Å². The Morgan fingerprint density at radius 1 is 1.26 bits per heavy atom. The highest BCUT2D eigenvalue weighted by molar-refractivity contribution is 5.88. The quantitative estimate of drug-likeness (QED) is 0.797. The average molecular weight is 255 g/mol. The molecule has 19 heavy (non-hydrogen) atoms. The second-order valence-corrected chi connectivity index (χ2v) is 3.95. The maximum Gasteiger partial charge on any atom is 0.335 e. The Bertz CT molecular complexity index is 699. The molecule has 1 aromatic heterocycles. The second-order valence-electron chi connectivity index (χ2n) is 3.95. The minimum Gasteiger partial charge on any atom is -0.478 e. The Kier molecular flexibility index (Phi) is 3.58. The van der Waals surface area contributed by atoms with Crippen LogP contribution in [-0.4, -0.2) is 16.1 Å². The van der Waals surface area contributed by atoms with Crippen molar-refractivity contribution in [3.05, 3.63) is 64.7 Å². The van der Waals surface area contributed by atoms with Gasteiger partial charge in [-0.2, -0.15) is 0 Å². The monoisotopic (exact) mass is 255 g/mol. The molecule has 0 aliphatic carbocycles. The zero-order chi connectivity index (χ0) is 13.8. The summed E-state index contributed by atoms with van der Waals surface area (Å²) in [6, 6.07) is 8.73. The molecule has 0 bridgehead atoms. The third-order valence-electron chi connectivity index (χ3n) is 2.36. The summed E-state index contributed by atoms with van der Waals surface area (Å²) in [5, 5.41) is 8.93. The van der Waals surface area contributed by atoms with Gasteiger partial charge in [0.25, 0.3) is 0 Å². The number of aromatic carboxylic acids is 1. The van der Waals surface area contributed by atoms with Crippen molar-refractivity contribution in [1.82, 2.24) is 4.98 Å². The van der Waals surface area contributed by atoms with Crippen LogP contribution in [0.15, 0.2) is 36.4 Å². The second kappa shape index (κ2) is 5.32. The van der Waals surface area contributed by atoms with Crippen molar-refractivity contribution in [1.29, 1.82) is 0 Å². The summed E-state index contributed by atoms with van der Waals surface area (Å²) in [7, 11) is 0. The fourth-order valence-corrected chi connectivity index (χ4v) is 1.56. The van der Waals surface area contributed by atoms with Gasteiger partial charge in [0.1, 0.15) is 11.5 Å². The molecule has 0 unspecified atom stereocenters. The first-order valence-corrected chi connectivity index (χ1v) is 5.54. The zero-order valence-corrected chi connectivity index (χ0v) is 10.1. The lowest BCUT2D eigenvalue weighted by Crippen LogP contribution is -1.99. The van der Waals surface area contributed by atoms with E-state index in [0.717, 1.165) is 0 Å². The molecule has 2 aromatic rings. The Hall–Kier alpha value is -2.67. The molecule has 1 N–H and O–H groups in total. The first kappa shape index (κ1) is 12.8. The summed E-state index contributed by atoms with van der Waals surface area (Å²) in [5.41, 5.74) is 1.57. The fraction of sp³-hybridized carbons (Fsp3) is 0.0667. The standard InChI is InChI=1S/C15H10FNO2/c1-10-7-12(15(18)19)9-14(17-10)6-5-11-3-2-4-13(16)8-11/h2-4,7-9H,1H3,(H,18,19). The van der Waals surface area contributed by atoms with Crippen molar-refractivity contribution >= 4 is 5.97 Å². The van der Waals surface area contributed by atoms with Crippen LogP contribution in [0.5, 0.6) is 0 Å². The van der Waals surface area contributed by atoms with E-state index in [1.54, 1.807) is 19.1 Å². The van der Waals surface area contributed by atoms with Crippen LogP contribution in [0, 0.1) is 24.6 Å². The molecular weight excluding hydrogens is 245 g/mol. The van der Waals surface area contributed by atoms with Crippen molar-refractivity contribution in [2.45, 2.75) is 6.92 Å². The third kappa shape index (κ3) is 3.39. The van der Waals surface area contributed by atoms with Gasteiger partial charge in [-0.05, 0) is 43.2 Å². The lowest BCUT2D eigenvalue weighted by molar-refractivity contribution is 0.0696. The number of hydrogen-bond acceptors (Lipinski definition) is 2. The van der Waals surface area contributed by atoms with Crippen LogP contribution >= 0.6 is 0 Å². The van der Waals surface area contributed by atoms with Gasteiger partial charge in [0.2, 0.25) is 0 Å². The Labute approximate surface area is 109 Å². The molecule has 0 spiro atoms. The van der Waals surface area contributed by atoms with Crippen LogP contribution in [0.3, 0.4) is 0 Å². The van der Waals surface area contributed by atoms with E-state index in [1.807, 2.05) is 0 Å². The summed E-state index contributed by atoms with van der Waals surface area (Å²) in [6.45, 7) is 1.69. The van der Waals surface area contributed by atoms with Crippen molar-refractivity contribution in [3.63, 3.8) is 0 Å².